The van der Waals surface area contributed by atoms with Crippen LogP contribution in [-0.2, 0) is 0 Å². The lowest BCUT2D eigenvalue weighted by Gasteiger charge is -2.24. The van der Waals surface area contributed by atoms with Crippen molar-refractivity contribution in [3.05, 3.63) is 40.1 Å². The molecule has 1 unspecified atom stereocenters. The summed E-state index contributed by atoms with van der Waals surface area (Å²) in [6.07, 6.45) is 1.97. The Kier molecular flexibility index (Phi) is 7.75. The minimum Gasteiger partial charge on any atom is -0.493 e. The molecule has 1 aromatic carbocycles. The average molecular weight is 447 g/mol. The van der Waals surface area contributed by atoms with Crippen molar-refractivity contribution in [2.45, 2.75) is 18.9 Å². The number of hydrogen-bond donors (Lipinski definition) is 2. The van der Waals surface area contributed by atoms with Crippen LogP contribution in [0.5, 0.6) is 11.5 Å². The van der Waals surface area contributed by atoms with E-state index in [2.05, 4.69) is 21.6 Å². The van der Waals surface area contributed by atoms with E-state index in [1.165, 1.54) is 19.1 Å². The van der Waals surface area contributed by atoms with Gasteiger partial charge in [0.25, 0.3) is 5.91 Å². The molecule has 1 fully saturated rings. The summed E-state index contributed by atoms with van der Waals surface area (Å²) in [7, 11) is 7.00. The van der Waals surface area contributed by atoms with Gasteiger partial charge in [-0.1, -0.05) is 6.07 Å². The normalized spacial score (nSPS) is 14.4. The number of nitrogens with one attached hydrogen (secondary N) is 2. The first kappa shape index (κ1) is 22.9. The summed E-state index contributed by atoms with van der Waals surface area (Å²) in [6.45, 7) is 1.86. The number of ether oxygens (including phenoxy) is 2. The van der Waals surface area contributed by atoms with Gasteiger partial charge in [0.15, 0.2) is 11.5 Å². The number of nitrogens with zero attached hydrogens (tertiary/aromatic N) is 2. The van der Waals surface area contributed by atoms with Crippen LogP contribution in [0.2, 0.25) is 0 Å². The van der Waals surface area contributed by atoms with Crippen LogP contribution in [0.4, 0.5) is 10.5 Å². The van der Waals surface area contributed by atoms with Gasteiger partial charge in [-0.2, -0.15) is 0 Å². The number of benzene rings is 1. The van der Waals surface area contributed by atoms with Gasteiger partial charge in [-0.25, -0.2) is 4.79 Å². The fourth-order valence-corrected chi connectivity index (χ4v) is 4.55. The summed E-state index contributed by atoms with van der Waals surface area (Å²) >= 11 is 1.65. The van der Waals surface area contributed by atoms with Crippen LogP contribution in [0.25, 0.3) is 0 Å². The zero-order valence-electron chi connectivity index (χ0n) is 18.4. The number of amides is 3. The molecule has 2 heterocycles. The molecule has 1 atom stereocenters. The monoisotopic (exact) mass is 446 g/mol. The Bertz CT molecular complexity index is 895. The molecule has 0 spiro atoms. The zero-order valence-corrected chi connectivity index (χ0v) is 19.3. The number of urea groups is 1. The molecular formula is C22H30N4O4S. The van der Waals surface area contributed by atoms with E-state index >= 15 is 0 Å². The summed E-state index contributed by atoms with van der Waals surface area (Å²) in [5.74, 6) is 0.764. The van der Waals surface area contributed by atoms with Crippen LogP contribution in [0.1, 0.15) is 34.1 Å². The first-order valence-corrected chi connectivity index (χ1v) is 11.1. The fourth-order valence-electron chi connectivity index (χ4n) is 3.62. The lowest BCUT2D eigenvalue weighted by molar-refractivity contribution is 0.0793. The van der Waals surface area contributed by atoms with Crippen molar-refractivity contribution in [2.24, 2.45) is 0 Å². The number of carbonyl (C=O) groups is 2. The Hall–Kier alpha value is -2.78. The first-order chi connectivity index (χ1) is 14.9. The molecule has 1 saturated heterocycles. The average Bonchev–Trinajstić information content (AvgIpc) is 3.47. The summed E-state index contributed by atoms with van der Waals surface area (Å²) < 4.78 is 10.7. The maximum Gasteiger partial charge on any atom is 0.319 e. The second-order valence-electron chi connectivity index (χ2n) is 7.58. The van der Waals surface area contributed by atoms with Crippen LogP contribution in [0, 0.1) is 0 Å². The van der Waals surface area contributed by atoms with E-state index in [9.17, 15) is 9.59 Å². The molecule has 8 nitrogen and oxygen atoms in total. The molecule has 1 aromatic heterocycles. The molecule has 0 saturated carbocycles. The third kappa shape index (κ3) is 5.48. The van der Waals surface area contributed by atoms with Gasteiger partial charge in [0.1, 0.15) is 0 Å². The molecule has 1 aliphatic heterocycles. The Balaban J connectivity index is 1.78. The molecule has 1 aliphatic rings. The first-order valence-electron chi connectivity index (χ1n) is 10.2. The molecule has 3 amide bonds. The predicted octanol–water partition coefficient (Wildman–Crippen LogP) is 3.43. The van der Waals surface area contributed by atoms with Crippen molar-refractivity contribution >= 4 is 29.0 Å². The number of thiophene rings is 1. The number of carbonyl (C=O) groups excluding carboxylic acids is 2. The number of anilines is 1. The lowest BCUT2D eigenvalue weighted by atomic mass is 10.1. The second kappa shape index (κ2) is 10.5. The molecular weight excluding hydrogens is 416 g/mol. The highest BCUT2D eigenvalue weighted by Gasteiger charge is 2.25. The van der Waals surface area contributed by atoms with Crippen LogP contribution in [0.15, 0.2) is 29.6 Å². The maximum atomic E-state index is 13.1. The van der Waals surface area contributed by atoms with Gasteiger partial charge in [0.2, 0.25) is 0 Å². The highest BCUT2D eigenvalue weighted by atomic mass is 32.1. The minimum absolute atomic E-state index is 0.0573. The van der Waals surface area contributed by atoms with Crippen LogP contribution < -0.4 is 20.1 Å². The molecule has 0 radical (unpaired) electrons. The second-order valence-corrected chi connectivity index (χ2v) is 8.56. The molecule has 31 heavy (non-hydrogen) atoms. The van der Waals surface area contributed by atoms with E-state index < -0.39 is 0 Å². The number of likely N-dealkylation sites (tertiary alicyclic amines) is 1. The van der Waals surface area contributed by atoms with Crippen molar-refractivity contribution in [2.75, 3.05) is 53.3 Å². The van der Waals surface area contributed by atoms with Crippen molar-refractivity contribution in [1.29, 1.82) is 0 Å². The van der Waals surface area contributed by atoms with Crippen LogP contribution in [-0.4, -0.2) is 69.7 Å². The van der Waals surface area contributed by atoms with E-state index in [1.807, 2.05) is 25.5 Å². The smallest absolute Gasteiger partial charge is 0.319 e. The predicted molar refractivity (Wildman–Crippen MR) is 122 cm³/mol. The number of rotatable bonds is 8. The van der Waals surface area contributed by atoms with Gasteiger partial charge >= 0.3 is 6.03 Å². The molecule has 0 bridgehead atoms. The SMILES string of the molecule is COc1cc(NC(=O)NCC(c2cccs2)N(C)C)c(C(=O)N2CCCC2)cc1OC. The molecule has 2 N–H and O–H groups in total. The highest BCUT2D eigenvalue weighted by molar-refractivity contribution is 7.10. The lowest BCUT2D eigenvalue weighted by Crippen LogP contribution is -2.37. The standard InChI is InChI=1S/C22H30N4O4S/c1-25(2)17(20-8-7-11-31-20)14-23-22(28)24-16-13-19(30-4)18(29-3)12-15(16)21(27)26-9-5-6-10-26/h7-8,11-13,17H,5-6,9-10,14H2,1-4H3,(H2,23,24,28). The van der Waals surface area contributed by atoms with Crippen LogP contribution >= 0.6 is 11.3 Å². The van der Waals surface area contributed by atoms with E-state index in [-0.39, 0.29) is 18.0 Å². The molecule has 2 aromatic rings. The van der Waals surface area contributed by atoms with Crippen molar-refractivity contribution < 1.29 is 19.1 Å². The Labute approximate surface area is 187 Å². The van der Waals surface area contributed by atoms with Gasteiger partial charge in [0.05, 0.1) is 31.5 Å². The summed E-state index contributed by atoms with van der Waals surface area (Å²) in [5.41, 5.74) is 0.779. The van der Waals surface area contributed by atoms with E-state index in [0.29, 0.717) is 42.4 Å². The topological polar surface area (TPSA) is 83.1 Å². The van der Waals surface area contributed by atoms with E-state index in [0.717, 1.165) is 12.8 Å². The summed E-state index contributed by atoms with van der Waals surface area (Å²) in [4.78, 5) is 30.8. The van der Waals surface area contributed by atoms with E-state index in [4.69, 9.17) is 9.47 Å². The number of hydrogen-bond acceptors (Lipinski definition) is 6. The summed E-state index contributed by atoms with van der Waals surface area (Å²) in [6, 6.07) is 6.98. The molecule has 3 rings (SSSR count). The quantitative estimate of drug-likeness (QED) is 0.649. The van der Waals surface area contributed by atoms with Gasteiger partial charge in [-0.3, -0.25) is 4.79 Å². The molecule has 168 valence electrons. The number of likely N-dealkylation sites (N-methyl/N-ethyl adjacent to an activating group) is 1. The van der Waals surface area contributed by atoms with Crippen molar-refractivity contribution in [3.63, 3.8) is 0 Å². The van der Waals surface area contributed by atoms with Crippen molar-refractivity contribution in [1.82, 2.24) is 15.1 Å². The Morgan fingerprint density at radius 1 is 1.16 bits per heavy atom. The molecule has 9 heteroatoms. The van der Waals surface area contributed by atoms with E-state index in [1.54, 1.807) is 28.4 Å². The van der Waals surface area contributed by atoms with Gasteiger partial charge < -0.3 is 29.9 Å². The van der Waals surface area contributed by atoms with Gasteiger partial charge in [-0.05, 0) is 44.4 Å². The van der Waals surface area contributed by atoms with Gasteiger partial charge in [-0.15, -0.1) is 11.3 Å². The Morgan fingerprint density at radius 3 is 2.42 bits per heavy atom. The minimum atomic E-state index is -0.383. The fraction of sp³-hybridized carbons (Fsp3) is 0.455. The van der Waals surface area contributed by atoms with Crippen LogP contribution in [0.3, 0.4) is 0 Å². The third-order valence-electron chi connectivity index (χ3n) is 5.35. The number of methoxy groups -OCH3 is 2. The van der Waals surface area contributed by atoms with Gasteiger partial charge in [0, 0.05) is 30.6 Å². The molecule has 0 aliphatic carbocycles. The summed E-state index contributed by atoms with van der Waals surface area (Å²) in [5, 5.41) is 7.77. The largest absolute Gasteiger partial charge is 0.493 e. The Morgan fingerprint density at radius 2 is 1.84 bits per heavy atom. The third-order valence-corrected chi connectivity index (χ3v) is 6.32. The zero-order chi connectivity index (χ0) is 22.4. The van der Waals surface area contributed by atoms with Crippen molar-refractivity contribution in [3.8, 4) is 11.5 Å². The highest BCUT2D eigenvalue weighted by Crippen LogP contribution is 2.34. The maximum absolute atomic E-state index is 13.1.